The molecule has 4 heteroatoms. The number of nitrogens with zero attached hydrogens (tertiary/aromatic N) is 1. The average molecular weight is 285 g/mol. The molecule has 0 aliphatic heterocycles. The van der Waals surface area contributed by atoms with Crippen LogP contribution in [-0.2, 0) is 6.61 Å². The summed E-state index contributed by atoms with van der Waals surface area (Å²) in [5.41, 5.74) is 3.64. The van der Waals surface area contributed by atoms with Gasteiger partial charge in [0.1, 0.15) is 6.61 Å². The highest BCUT2D eigenvalue weighted by Crippen LogP contribution is 2.29. The predicted molar refractivity (Wildman–Crippen MR) is 82.5 cm³/mol. The van der Waals surface area contributed by atoms with Gasteiger partial charge in [-0.25, -0.2) is 0 Å². The van der Waals surface area contributed by atoms with Gasteiger partial charge in [0.15, 0.2) is 11.5 Å². The summed E-state index contributed by atoms with van der Waals surface area (Å²) in [6, 6.07) is 13.5. The van der Waals surface area contributed by atoms with E-state index < -0.39 is 0 Å². The van der Waals surface area contributed by atoms with E-state index in [9.17, 15) is 0 Å². The minimum Gasteiger partial charge on any atom is -0.493 e. The summed E-state index contributed by atoms with van der Waals surface area (Å²) < 4.78 is 11.2. The lowest BCUT2D eigenvalue weighted by atomic mass is 10.1. The van der Waals surface area contributed by atoms with Gasteiger partial charge in [0.25, 0.3) is 0 Å². The number of methoxy groups -OCH3 is 1. The lowest BCUT2D eigenvalue weighted by Gasteiger charge is -2.13. The quantitative estimate of drug-likeness (QED) is 0.516. The van der Waals surface area contributed by atoms with Crippen molar-refractivity contribution in [1.29, 1.82) is 0 Å². The molecule has 2 aromatic rings. The van der Waals surface area contributed by atoms with E-state index in [1.807, 2.05) is 30.3 Å². The third-order valence-electron chi connectivity index (χ3n) is 3.38. The van der Waals surface area contributed by atoms with Crippen LogP contribution in [0, 0.1) is 6.92 Å². The van der Waals surface area contributed by atoms with Gasteiger partial charge in [-0.3, -0.25) is 0 Å². The Hall–Kier alpha value is -2.49. The second kappa shape index (κ2) is 6.79. The van der Waals surface area contributed by atoms with Crippen LogP contribution in [-0.4, -0.2) is 18.0 Å². The van der Waals surface area contributed by atoms with Crippen LogP contribution >= 0.6 is 0 Å². The van der Waals surface area contributed by atoms with Crippen molar-refractivity contribution in [2.75, 3.05) is 7.11 Å². The van der Waals surface area contributed by atoms with Crippen molar-refractivity contribution in [1.82, 2.24) is 0 Å². The number of aryl methyl sites for hydroxylation is 1. The van der Waals surface area contributed by atoms with Crippen LogP contribution in [0.15, 0.2) is 47.6 Å². The fourth-order valence-electron chi connectivity index (χ4n) is 2.00. The zero-order valence-corrected chi connectivity index (χ0v) is 12.5. The Bertz CT molecular complexity index is 650. The molecule has 0 aromatic heterocycles. The van der Waals surface area contributed by atoms with Gasteiger partial charge in [0.05, 0.1) is 12.8 Å². The molecule has 0 saturated carbocycles. The van der Waals surface area contributed by atoms with Crippen molar-refractivity contribution < 1.29 is 14.7 Å². The van der Waals surface area contributed by atoms with E-state index in [4.69, 9.17) is 14.7 Å². The molecular weight excluding hydrogens is 266 g/mol. The smallest absolute Gasteiger partial charge is 0.161 e. The van der Waals surface area contributed by atoms with E-state index in [0.717, 1.165) is 11.1 Å². The first-order valence-electron chi connectivity index (χ1n) is 6.70. The molecule has 110 valence electrons. The monoisotopic (exact) mass is 285 g/mol. The summed E-state index contributed by atoms with van der Waals surface area (Å²) in [5.74, 6) is 1.28. The molecule has 0 atom stereocenters. The Morgan fingerprint density at radius 1 is 1.14 bits per heavy atom. The number of hydrogen-bond acceptors (Lipinski definition) is 4. The van der Waals surface area contributed by atoms with Crippen LogP contribution in [0.1, 0.15) is 23.6 Å². The molecule has 0 fully saturated rings. The standard InChI is InChI=1S/C17H19NO3/c1-12-6-4-5-7-15(12)11-21-16-9-8-14(13(2)18-19)10-17(16)20-3/h4-10,19H,11H2,1-3H3/b18-13+. The van der Waals surface area contributed by atoms with Crippen molar-refractivity contribution in [3.05, 3.63) is 59.2 Å². The van der Waals surface area contributed by atoms with Crippen LogP contribution in [0.3, 0.4) is 0 Å². The molecule has 0 unspecified atom stereocenters. The third-order valence-corrected chi connectivity index (χ3v) is 3.38. The molecular formula is C17H19NO3. The summed E-state index contributed by atoms with van der Waals surface area (Å²) >= 11 is 0. The van der Waals surface area contributed by atoms with Gasteiger partial charge in [-0.2, -0.15) is 0 Å². The van der Waals surface area contributed by atoms with E-state index in [1.54, 1.807) is 20.1 Å². The molecule has 21 heavy (non-hydrogen) atoms. The minimum absolute atomic E-state index is 0.482. The second-order valence-corrected chi connectivity index (χ2v) is 4.77. The predicted octanol–water partition coefficient (Wildman–Crippen LogP) is 3.78. The summed E-state index contributed by atoms with van der Waals surface area (Å²) in [6.45, 7) is 4.26. The molecule has 0 aliphatic carbocycles. The van der Waals surface area contributed by atoms with Crippen molar-refractivity contribution in [3.8, 4) is 11.5 Å². The fourth-order valence-corrected chi connectivity index (χ4v) is 2.00. The first kappa shape index (κ1) is 14.9. The lowest BCUT2D eigenvalue weighted by Crippen LogP contribution is -2.01. The molecule has 2 rings (SSSR count). The molecule has 2 aromatic carbocycles. The first-order chi connectivity index (χ1) is 10.2. The summed E-state index contributed by atoms with van der Waals surface area (Å²) in [6.07, 6.45) is 0. The van der Waals surface area contributed by atoms with E-state index >= 15 is 0 Å². The summed E-state index contributed by atoms with van der Waals surface area (Å²) in [7, 11) is 1.59. The van der Waals surface area contributed by atoms with Gasteiger partial charge in [-0.05, 0) is 43.2 Å². The zero-order chi connectivity index (χ0) is 15.2. The second-order valence-electron chi connectivity index (χ2n) is 4.77. The Labute approximate surface area is 124 Å². The van der Waals surface area contributed by atoms with E-state index in [2.05, 4.69) is 18.1 Å². The van der Waals surface area contributed by atoms with Crippen LogP contribution in [0.5, 0.6) is 11.5 Å². The minimum atomic E-state index is 0.482. The van der Waals surface area contributed by atoms with Crippen molar-refractivity contribution in [2.45, 2.75) is 20.5 Å². The molecule has 0 radical (unpaired) electrons. The molecule has 0 bridgehead atoms. The highest BCUT2D eigenvalue weighted by molar-refractivity contribution is 5.98. The van der Waals surface area contributed by atoms with Crippen LogP contribution in [0.25, 0.3) is 0 Å². The highest BCUT2D eigenvalue weighted by Gasteiger charge is 2.08. The fraction of sp³-hybridized carbons (Fsp3) is 0.235. The Morgan fingerprint density at radius 2 is 1.90 bits per heavy atom. The summed E-state index contributed by atoms with van der Waals surface area (Å²) in [5, 5.41) is 12.0. The van der Waals surface area contributed by atoms with Crippen molar-refractivity contribution in [3.63, 3.8) is 0 Å². The van der Waals surface area contributed by atoms with E-state index in [1.165, 1.54) is 5.56 Å². The van der Waals surface area contributed by atoms with Gasteiger partial charge in [-0.1, -0.05) is 29.4 Å². The lowest BCUT2D eigenvalue weighted by molar-refractivity contribution is 0.284. The van der Waals surface area contributed by atoms with Gasteiger partial charge in [0.2, 0.25) is 0 Å². The van der Waals surface area contributed by atoms with Crippen LogP contribution in [0.2, 0.25) is 0 Å². The number of ether oxygens (including phenoxy) is 2. The Balaban J connectivity index is 2.19. The molecule has 1 N–H and O–H groups in total. The topological polar surface area (TPSA) is 51.0 Å². The highest BCUT2D eigenvalue weighted by atomic mass is 16.5. The normalized spacial score (nSPS) is 11.3. The van der Waals surface area contributed by atoms with Gasteiger partial charge in [-0.15, -0.1) is 0 Å². The van der Waals surface area contributed by atoms with Crippen molar-refractivity contribution in [2.24, 2.45) is 5.16 Å². The van der Waals surface area contributed by atoms with Crippen LogP contribution in [0.4, 0.5) is 0 Å². The SMILES string of the molecule is COc1cc(/C(C)=N/O)ccc1OCc1ccccc1C. The number of benzene rings is 2. The zero-order valence-electron chi connectivity index (χ0n) is 12.5. The first-order valence-corrected chi connectivity index (χ1v) is 6.70. The molecule has 0 spiro atoms. The van der Waals surface area contributed by atoms with E-state index in [-0.39, 0.29) is 0 Å². The van der Waals surface area contributed by atoms with Crippen LogP contribution < -0.4 is 9.47 Å². The molecule has 4 nitrogen and oxygen atoms in total. The maximum absolute atomic E-state index is 8.82. The maximum Gasteiger partial charge on any atom is 0.161 e. The average Bonchev–Trinajstić information content (AvgIpc) is 2.53. The maximum atomic E-state index is 8.82. The van der Waals surface area contributed by atoms with Crippen molar-refractivity contribution >= 4 is 5.71 Å². The molecule has 0 amide bonds. The molecule has 0 heterocycles. The van der Waals surface area contributed by atoms with Gasteiger partial charge in [0, 0.05) is 5.56 Å². The Kier molecular flexibility index (Phi) is 4.82. The molecule has 0 aliphatic rings. The van der Waals surface area contributed by atoms with Gasteiger partial charge < -0.3 is 14.7 Å². The number of oxime groups is 1. The third kappa shape index (κ3) is 3.54. The number of rotatable bonds is 5. The largest absolute Gasteiger partial charge is 0.493 e. The van der Waals surface area contributed by atoms with Gasteiger partial charge >= 0.3 is 0 Å². The molecule has 0 saturated heterocycles. The number of hydrogen-bond donors (Lipinski definition) is 1. The Morgan fingerprint density at radius 3 is 2.57 bits per heavy atom. The summed E-state index contributed by atoms with van der Waals surface area (Å²) in [4.78, 5) is 0. The van der Waals surface area contributed by atoms with E-state index in [0.29, 0.717) is 23.8 Å².